The van der Waals surface area contributed by atoms with E-state index in [0.29, 0.717) is 17.2 Å². The molecule has 3 atom stereocenters. The van der Waals surface area contributed by atoms with Crippen molar-refractivity contribution >= 4 is 29.4 Å². The highest BCUT2D eigenvalue weighted by Crippen LogP contribution is 2.28. The Morgan fingerprint density at radius 3 is 1.71 bits per heavy atom. The van der Waals surface area contributed by atoms with Crippen molar-refractivity contribution in [3.8, 4) is 0 Å². The molecule has 4 aromatic rings. The zero-order chi connectivity index (χ0) is 35.6. The molecule has 0 saturated carbocycles. The molecule has 11 nitrogen and oxygen atoms in total. The normalized spacial score (nSPS) is 13.0. The van der Waals surface area contributed by atoms with E-state index in [0.717, 1.165) is 17.3 Å². The van der Waals surface area contributed by atoms with Crippen LogP contribution in [0.25, 0.3) is 0 Å². The van der Waals surface area contributed by atoms with Crippen molar-refractivity contribution in [2.24, 2.45) is 7.05 Å². The first-order chi connectivity index (χ1) is 23.3. The summed E-state index contributed by atoms with van der Waals surface area (Å²) in [6.45, 7) is 1.38. The molecule has 0 aliphatic carbocycles. The lowest BCUT2D eigenvalue weighted by atomic mass is 9.99. The monoisotopic (exact) mass is 676 g/mol. The summed E-state index contributed by atoms with van der Waals surface area (Å²) in [6.07, 6.45) is -4.82. The van der Waals surface area contributed by atoms with E-state index >= 15 is 0 Å². The molecule has 256 valence electrons. The summed E-state index contributed by atoms with van der Waals surface area (Å²) in [7, 11) is 1.16. The average molecular weight is 677 g/mol. The first kappa shape index (κ1) is 36.1. The Kier molecular flexibility index (Phi) is 12.0. The molecule has 0 aliphatic rings. The largest absolute Gasteiger partial charge is 0.435 e. The third kappa shape index (κ3) is 10.3. The van der Waals surface area contributed by atoms with E-state index in [-0.39, 0.29) is 19.4 Å². The second-order valence-corrected chi connectivity index (χ2v) is 11.3. The topological polar surface area (TPSA) is 151 Å². The van der Waals surface area contributed by atoms with E-state index in [1.165, 1.54) is 6.92 Å². The molecule has 0 fully saturated rings. The van der Waals surface area contributed by atoms with Crippen LogP contribution in [-0.2, 0) is 51.8 Å². The number of halogens is 3. The molecule has 4 amide bonds. The van der Waals surface area contributed by atoms with Crippen LogP contribution in [0.2, 0.25) is 0 Å². The van der Waals surface area contributed by atoms with Gasteiger partial charge in [-0.15, -0.1) is 0 Å². The van der Waals surface area contributed by atoms with Crippen molar-refractivity contribution in [3.05, 3.63) is 125 Å². The quantitative estimate of drug-likeness (QED) is 0.151. The molecule has 4 N–H and O–H groups in total. The van der Waals surface area contributed by atoms with Crippen molar-refractivity contribution < 1.29 is 37.1 Å². The van der Waals surface area contributed by atoms with Crippen LogP contribution in [-0.4, -0.2) is 57.3 Å². The highest BCUT2D eigenvalue weighted by Gasteiger charge is 2.36. The maximum absolute atomic E-state index is 13.8. The number of benzene rings is 3. The Morgan fingerprint density at radius 1 is 0.714 bits per heavy atom. The molecule has 3 aromatic carbocycles. The van der Waals surface area contributed by atoms with Crippen molar-refractivity contribution in [2.75, 3.05) is 0 Å². The highest BCUT2D eigenvalue weighted by atomic mass is 19.4. The van der Waals surface area contributed by atoms with Gasteiger partial charge in [0.1, 0.15) is 23.8 Å². The Morgan fingerprint density at radius 2 is 1.20 bits per heavy atom. The first-order valence-corrected chi connectivity index (χ1v) is 15.3. The molecule has 0 aliphatic heterocycles. The van der Waals surface area contributed by atoms with Crippen LogP contribution in [0.4, 0.5) is 13.2 Å². The number of Topliss-reactive ketones (excluding diaryl/α,β-unsaturated/α-hetero) is 1. The fourth-order valence-corrected chi connectivity index (χ4v) is 4.87. The lowest BCUT2D eigenvalue weighted by Gasteiger charge is -2.24. The highest BCUT2D eigenvalue weighted by molar-refractivity contribution is 6.38. The summed E-state index contributed by atoms with van der Waals surface area (Å²) in [4.78, 5) is 66.2. The average Bonchev–Trinajstić information content (AvgIpc) is 3.50. The molecule has 0 spiro atoms. The predicted octanol–water partition coefficient (Wildman–Crippen LogP) is 2.90. The zero-order valence-electron chi connectivity index (χ0n) is 26.7. The third-order valence-corrected chi connectivity index (χ3v) is 7.49. The molecule has 0 bridgehead atoms. The smallest absolute Gasteiger partial charge is 0.345 e. The third-order valence-electron chi connectivity index (χ3n) is 7.49. The summed E-state index contributed by atoms with van der Waals surface area (Å²) in [6, 6.07) is 23.1. The molecule has 4 rings (SSSR count). The Balaban J connectivity index is 1.51. The Bertz CT molecular complexity index is 1760. The summed E-state index contributed by atoms with van der Waals surface area (Å²) in [5, 5.41) is 13.4. The van der Waals surface area contributed by atoms with Crippen molar-refractivity contribution in [1.82, 2.24) is 31.0 Å². The van der Waals surface area contributed by atoms with Gasteiger partial charge in [0.15, 0.2) is 5.69 Å². The molecule has 49 heavy (non-hydrogen) atoms. The second kappa shape index (κ2) is 16.4. The predicted molar refractivity (Wildman–Crippen MR) is 173 cm³/mol. The number of alkyl halides is 3. The van der Waals surface area contributed by atoms with Gasteiger partial charge >= 0.3 is 6.18 Å². The number of nitrogens with zero attached hydrogens (tertiary/aromatic N) is 2. The number of carbonyl (C=O) groups excluding carboxylic acids is 5. The van der Waals surface area contributed by atoms with E-state index < -0.39 is 65.1 Å². The zero-order valence-corrected chi connectivity index (χ0v) is 26.7. The molecule has 1 aromatic heterocycles. The number of nitrogens with one attached hydrogen (secondary N) is 4. The summed E-state index contributed by atoms with van der Waals surface area (Å²) < 4.78 is 40.0. The summed E-state index contributed by atoms with van der Waals surface area (Å²) >= 11 is 0. The van der Waals surface area contributed by atoms with Gasteiger partial charge in [-0.3, -0.25) is 28.7 Å². The van der Waals surface area contributed by atoms with Gasteiger partial charge in [-0.2, -0.15) is 18.3 Å². The van der Waals surface area contributed by atoms with Crippen LogP contribution < -0.4 is 21.3 Å². The minimum Gasteiger partial charge on any atom is -0.345 e. The number of amides is 4. The molecule has 0 radical (unpaired) electrons. The van der Waals surface area contributed by atoms with Crippen LogP contribution in [0.5, 0.6) is 0 Å². The van der Waals surface area contributed by atoms with Crippen molar-refractivity contribution in [2.45, 2.75) is 50.6 Å². The lowest BCUT2D eigenvalue weighted by molar-refractivity contribution is -0.141. The number of hydrogen-bond donors (Lipinski definition) is 4. The molecule has 14 heteroatoms. The molecule has 1 heterocycles. The molecular weight excluding hydrogens is 641 g/mol. The van der Waals surface area contributed by atoms with Crippen LogP contribution in [0.1, 0.15) is 39.8 Å². The second-order valence-electron chi connectivity index (χ2n) is 11.3. The van der Waals surface area contributed by atoms with E-state index in [9.17, 15) is 37.1 Å². The van der Waals surface area contributed by atoms with Gasteiger partial charge in [0, 0.05) is 32.5 Å². The standard InChI is InChI=1S/C35H35F3N6O5/c1-22(40-33(48)28-20-29(35(36,37)38)43-44(28)2)31(46)42-27(19-24-14-8-4-9-15-24)32(47)41-26(18-23-12-6-3-7-13-23)30(45)34(49)39-21-25-16-10-5-11-17-25/h3-17,20,22,26-27H,18-19,21H2,1-2H3,(H,39,49)(H,40,48)(H,41,47)(H,42,46)/t22-,26-,27-/m0/s1. The van der Waals surface area contributed by atoms with Gasteiger partial charge in [-0.1, -0.05) is 91.0 Å². The lowest BCUT2D eigenvalue weighted by Crippen LogP contribution is -2.57. The number of aryl methyl sites for hydroxylation is 1. The number of rotatable bonds is 14. The van der Waals surface area contributed by atoms with Gasteiger partial charge in [0.05, 0.1) is 0 Å². The molecular formula is C35H35F3N6O5. The number of ketones is 1. The molecule has 0 unspecified atom stereocenters. The van der Waals surface area contributed by atoms with Gasteiger partial charge in [-0.25, -0.2) is 0 Å². The maximum Gasteiger partial charge on any atom is 0.435 e. The van der Waals surface area contributed by atoms with Crippen LogP contribution in [0, 0.1) is 0 Å². The first-order valence-electron chi connectivity index (χ1n) is 15.3. The number of carbonyl (C=O) groups is 5. The van der Waals surface area contributed by atoms with Gasteiger partial charge in [0.2, 0.25) is 17.6 Å². The minimum atomic E-state index is -4.78. The van der Waals surface area contributed by atoms with Crippen molar-refractivity contribution in [1.29, 1.82) is 0 Å². The van der Waals surface area contributed by atoms with E-state index in [1.54, 1.807) is 84.9 Å². The van der Waals surface area contributed by atoms with Gasteiger partial charge in [-0.05, 0) is 23.6 Å². The Hall–Kier alpha value is -5.79. The minimum absolute atomic E-state index is 0.0206. The summed E-state index contributed by atoms with van der Waals surface area (Å²) in [5.74, 6) is -4.40. The van der Waals surface area contributed by atoms with Crippen LogP contribution in [0.15, 0.2) is 97.1 Å². The fraction of sp³-hybridized carbons (Fsp3) is 0.257. The van der Waals surface area contributed by atoms with Crippen LogP contribution >= 0.6 is 0 Å². The van der Waals surface area contributed by atoms with E-state index in [4.69, 9.17) is 0 Å². The summed E-state index contributed by atoms with van der Waals surface area (Å²) in [5.41, 5.74) is 0.383. The van der Waals surface area contributed by atoms with E-state index in [1.807, 2.05) is 6.07 Å². The SMILES string of the molecule is C[C@H](NC(=O)c1cc(C(F)(F)F)nn1C)C(=O)N[C@@H](Cc1ccccc1)C(=O)N[C@@H](Cc1ccccc1)C(=O)C(=O)NCc1ccccc1. The maximum atomic E-state index is 13.8. The van der Waals surface area contributed by atoms with Crippen molar-refractivity contribution in [3.63, 3.8) is 0 Å². The molecule has 0 saturated heterocycles. The Labute approximate surface area is 280 Å². The number of hydrogen-bond acceptors (Lipinski definition) is 6. The number of aromatic nitrogens is 2. The van der Waals surface area contributed by atoms with Crippen LogP contribution in [0.3, 0.4) is 0 Å². The van der Waals surface area contributed by atoms with Gasteiger partial charge < -0.3 is 21.3 Å². The van der Waals surface area contributed by atoms with Gasteiger partial charge in [0.25, 0.3) is 11.8 Å². The fourth-order valence-electron chi connectivity index (χ4n) is 4.87. The van der Waals surface area contributed by atoms with E-state index in [2.05, 4.69) is 26.4 Å².